The molecule has 0 aliphatic carbocycles. The number of ketones is 1. The first-order chi connectivity index (χ1) is 14.1. The van der Waals surface area contributed by atoms with Gasteiger partial charge in [0.2, 0.25) is 0 Å². The molecule has 0 aliphatic heterocycles. The van der Waals surface area contributed by atoms with Crippen LogP contribution < -0.4 is 10.1 Å². The number of hydrogen-bond acceptors (Lipinski definition) is 5. The highest BCUT2D eigenvalue weighted by Gasteiger charge is 2.13. The first-order valence-electron chi connectivity index (χ1n) is 8.87. The number of methoxy groups -OCH3 is 1. The second-order valence-corrected chi connectivity index (χ2v) is 6.13. The summed E-state index contributed by atoms with van der Waals surface area (Å²) in [7, 11) is 1.53. The van der Waals surface area contributed by atoms with E-state index in [1.54, 1.807) is 60.7 Å². The highest BCUT2D eigenvalue weighted by atomic mass is 16.5. The maximum absolute atomic E-state index is 12.4. The Labute approximate surface area is 168 Å². The third kappa shape index (κ3) is 5.29. The summed E-state index contributed by atoms with van der Waals surface area (Å²) in [5.41, 5.74) is 1.82. The molecular formula is C23H19NO5. The van der Waals surface area contributed by atoms with Gasteiger partial charge in [-0.25, -0.2) is 4.79 Å². The van der Waals surface area contributed by atoms with Crippen molar-refractivity contribution in [1.29, 1.82) is 0 Å². The number of nitrogens with one attached hydrogen (secondary N) is 1. The fraction of sp³-hybridized carbons (Fsp3) is 0.0870. The van der Waals surface area contributed by atoms with E-state index in [1.807, 2.05) is 6.07 Å². The lowest BCUT2D eigenvalue weighted by molar-refractivity contribution is -0.119. The number of benzene rings is 3. The topological polar surface area (TPSA) is 81.7 Å². The molecule has 0 aliphatic rings. The van der Waals surface area contributed by atoms with Crippen LogP contribution in [0.5, 0.6) is 5.75 Å². The second-order valence-electron chi connectivity index (χ2n) is 6.13. The average Bonchev–Trinajstić information content (AvgIpc) is 2.77. The van der Waals surface area contributed by atoms with Gasteiger partial charge < -0.3 is 14.8 Å². The van der Waals surface area contributed by atoms with Crippen molar-refractivity contribution in [3.8, 4) is 5.75 Å². The number of carbonyl (C=O) groups excluding carboxylic acids is 3. The zero-order valence-electron chi connectivity index (χ0n) is 15.8. The molecule has 6 heteroatoms. The maximum atomic E-state index is 12.4. The van der Waals surface area contributed by atoms with Crippen molar-refractivity contribution in [3.05, 3.63) is 95.6 Å². The molecule has 146 valence electrons. The van der Waals surface area contributed by atoms with Crippen molar-refractivity contribution in [2.45, 2.75) is 0 Å². The lowest BCUT2D eigenvalue weighted by atomic mass is 10.0. The summed E-state index contributed by atoms with van der Waals surface area (Å²) >= 11 is 0. The lowest BCUT2D eigenvalue weighted by Gasteiger charge is -2.08. The predicted octanol–water partition coefficient (Wildman–Crippen LogP) is 3.72. The van der Waals surface area contributed by atoms with Crippen LogP contribution in [0, 0.1) is 0 Å². The van der Waals surface area contributed by atoms with Gasteiger partial charge >= 0.3 is 5.97 Å². The van der Waals surface area contributed by atoms with E-state index in [0.717, 1.165) is 0 Å². The van der Waals surface area contributed by atoms with Gasteiger partial charge in [0.25, 0.3) is 5.91 Å². The van der Waals surface area contributed by atoms with E-state index in [2.05, 4.69) is 5.32 Å². The van der Waals surface area contributed by atoms with Crippen molar-refractivity contribution in [3.63, 3.8) is 0 Å². The number of carbonyl (C=O) groups is 3. The van der Waals surface area contributed by atoms with Gasteiger partial charge in [-0.2, -0.15) is 0 Å². The molecule has 0 radical (unpaired) electrons. The van der Waals surface area contributed by atoms with Crippen LogP contribution in [0.25, 0.3) is 0 Å². The minimum Gasteiger partial charge on any atom is -0.497 e. The Morgan fingerprint density at radius 2 is 1.45 bits per heavy atom. The number of esters is 1. The quantitative estimate of drug-likeness (QED) is 0.492. The first kappa shape index (κ1) is 19.8. The highest BCUT2D eigenvalue weighted by molar-refractivity contribution is 6.09. The Kier molecular flexibility index (Phi) is 6.37. The molecule has 0 fully saturated rings. The third-order valence-corrected chi connectivity index (χ3v) is 4.11. The van der Waals surface area contributed by atoms with E-state index in [9.17, 15) is 14.4 Å². The molecule has 1 amide bonds. The minimum absolute atomic E-state index is 0.136. The van der Waals surface area contributed by atoms with Gasteiger partial charge in [-0.3, -0.25) is 9.59 Å². The van der Waals surface area contributed by atoms with Gasteiger partial charge in [-0.1, -0.05) is 48.5 Å². The number of hydrogen-bond donors (Lipinski definition) is 1. The summed E-state index contributed by atoms with van der Waals surface area (Å²) in [5.74, 6) is -0.653. The van der Waals surface area contributed by atoms with Crippen molar-refractivity contribution in [1.82, 2.24) is 0 Å². The van der Waals surface area contributed by atoms with Crippen LogP contribution in [0.4, 0.5) is 5.69 Å². The minimum atomic E-state index is -0.649. The summed E-state index contributed by atoms with van der Waals surface area (Å²) < 4.78 is 10.1. The number of amides is 1. The van der Waals surface area contributed by atoms with E-state index < -0.39 is 18.5 Å². The Morgan fingerprint density at radius 3 is 2.14 bits per heavy atom. The van der Waals surface area contributed by atoms with Crippen LogP contribution in [-0.4, -0.2) is 31.4 Å². The summed E-state index contributed by atoms with van der Waals surface area (Å²) in [4.78, 5) is 36.5. The molecular weight excluding hydrogens is 370 g/mol. The van der Waals surface area contributed by atoms with E-state index >= 15 is 0 Å². The smallest absolute Gasteiger partial charge is 0.338 e. The molecule has 0 atom stereocenters. The molecule has 3 aromatic carbocycles. The van der Waals surface area contributed by atoms with Crippen molar-refractivity contribution >= 4 is 23.3 Å². The second kappa shape index (κ2) is 9.32. The van der Waals surface area contributed by atoms with E-state index in [-0.39, 0.29) is 11.3 Å². The zero-order valence-corrected chi connectivity index (χ0v) is 15.8. The molecule has 29 heavy (non-hydrogen) atoms. The lowest BCUT2D eigenvalue weighted by Crippen LogP contribution is -2.21. The fourth-order valence-electron chi connectivity index (χ4n) is 2.63. The molecule has 3 aromatic rings. The van der Waals surface area contributed by atoms with Gasteiger partial charge in [-0.15, -0.1) is 0 Å². The van der Waals surface area contributed by atoms with E-state index in [4.69, 9.17) is 9.47 Å². The van der Waals surface area contributed by atoms with Gasteiger partial charge in [0.1, 0.15) is 5.75 Å². The Bertz CT molecular complexity index is 1010. The van der Waals surface area contributed by atoms with Crippen LogP contribution in [0.1, 0.15) is 26.3 Å². The van der Waals surface area contributed by atoms with Gasteiger partial charge in [0, 0.05) is 22.9 Å². The van der Waals surface area contributed by atoms with Crippen LogP contribution in [0.15, 0.2) is 78.9 Å². The molecule has 0 spiro atoms. The molecule has 0 heterocycles. The van der Waals surface area contributed by atoms with Crippen molar-refractivity contribution in [2.24, 2.45) is 0 Å². The molecule has 0 saturated heterocycles. The molecule has 0 bridgehead atoms. The maximum Gasteiger partial charge on any atom is 0.338 e. The Balaban J connectivity index is 1.55. The average molecular weight is 389 g/mol. The molecule has 0 saturated carbocycles. The normalized spacial score (nSPS) is 10.1. The number of ether oxygens (including phenoxy) is 2. The first-order valence-corrected chi connectivity index (χ1v) is 8.87. The molecule has 1 N–H and O–H groups in total. The van der Waals surface area contributed by atoms with E-state index in [0.29, 0.717) is 22.6 Å². The monoisotopic (exact) mass is 389 g/mol. The van der Waals surface area contributed by atoms with Gasteiger partial charge in [-0.05, 0) is 24.3 Å². The Morgan fingerprint density at radius 1 is 0.793 bits per heavy atom. The van der Waals surface area contributed by atoms with Crippen LogP contribution >= 0.6 is 0 Å². The van der Waals surface area contributed by atoms with Crippen LogP contribution in [0.2, 0.25) is 0 Å². The molecule has 6 nitrogen and oxygen atoms in total. The summed E-state index contributed by atoms with van der Waals surface area (Å²) in [6, 6.07) is 21.8. The van der Waals surface area contributed by atoms with Gasteiger partial charge in [0.15, 0.2) is 12.4 Å². The number of rotatable bonds is 7. The van der Waals surface area contributed by atoms with Crippen LogP contribution in [0.3, 0.4) is 0 Å². The fourth-order valence-corrected chi connectivity index (χ4v) is 2.63. The van der Waals surface area contributed by atoms with Crippen LogP contribution in [-0.2, 0) is 9.53 Å². The van der Waals surface area contributed by atoms with Gasteiger partial charge in [0.05, 0.1) is 12.7 Å². The van der Waals surface area contributed by atoms with E-state index in [1.165, 1.54) is 19.2 Å². The Hall–Kier alpha value is -3.93. The predicted molar refractivity (Wildman–Crippen MR) is 108 cm³/mol. The summed E-state index contributed by atoms with van der Waals surface area (Å²) in [6.07, 6.45) is 0. The van der Waals surface area contributed by atoms with Crippen molar-refractivity contribution < 1.29 is 23.9 Å². The van der Waals surface area contributed by atoms with Crippen molar-refractivity contribution in [2.75, 3.05) is 19.0 Å². The SMILES string of the molecule is COc1cccc(NC(=O)COC(=O)c2ccc(C(=O)c3ccccc3)cc2)c1. The molecule has 0 unspecified atom stereocenters. The molecule has 3 rings (SSSR count). The zero-order chi connectivity index (χ0) is 20.6. The highest BCUT2D eigenvalue weighted by Crippen LogP contribution is 2.16. The molecule has 0 aromatic heterocycles. The summed E-state index contributed by atoms with van der Waals surface area (Å²) in [5, 5.41) is 2.62. The largest absolute Gasteiger partial charge is 0.497 e. The number of anilines is 1. The summed E-state index contributed by atoms with van der Waals surface area (Å²) in [6.45, 7) is -0.430. The standard InChI is InChI=1S/C23H19NO5/c1-28-20-9-5-8-19(14-20)24-21(25)15-29-23(27)18-12-10-17(11-13-18)22(26)16-6-3-2-4-7-16/h2-14H,15H2,1H3,(H,24,25). The third-order valence-electron chi connectivity index (χ3n) is 4.11.